The quantitative estimate of drug-likeness (QED) is 0.754. The normalized spacial score (nSPS) is 16.9. The van der Waals surface area contributed by atoms with Gasteiger partial charge in [0.2, 0.25) is 0 Å². The van der Waals surface area contributed by atoms with Crippen LogP contribution in [0, 0.1) is 3.57 Å². The number of halogens is 2. The van der Waals surface area contributed by atoms with E-state index in [9.17, 15) is 4.79 Å². The lowest BCUT2D eigenvalue weighted by molar-refractivity contribution is 0.0495. The van der Waals surface area contributed by atoms with Gasteiger partial charge in [0.15, 0.2) is 0 Å². The SMILES string of the molecule is CC(C)(C)OC(=O)NC1(c2ccc(Cl)cc2I)CC1. The minimum absolute atomic E-state index is 0.274. The second-order valence-corrected chi connectivity index (χ2v) is 7.43. The third-order valence-corrected chi connectivity index (χ3v) is 4.06. The van der Waals surface area contributed by atoms with E-state index in [1.807, 2.05) is 39.0 Å². The molecular weight excluding hydrogens is 377 g/mol. The topological polar surface area (TPSA) is 38.3 Å². The van der Waals surface area contributed by atoms with E-state index in [0.717, 1.165) is 22.0 Å². The van der Waals surface area contributed by atoms with Crippen LogP contribution in [-0.2, 0) is 10.3 Å². The molecule has 19 heavy (non-hydrogen) atoms. The molecule has 104 valence electrons. The maximum atomic E-state index is 11.9. The van der Waals surface area contributed by atoms with Gasteiger partial charge in [0, 0.05) is 8.59 Å². The van der Waals surface area contributed by atoms with E-state index < -0.39 is 5.60 Å². The van der Waals surface area contributed by atoms with Crippen molar-refractivity contribution >= 4 is 40.3 Å². The predicted molar refractivity (Wildman–Crippen MR) is 84.5 cm³/mol. The first-order valence-corrected chi connectivity index (χ1v) is 7.64. The van der Waals surface area contributed by atoms with Gasteiger partial charge in [-0.3, -0.25) is 0 Å². The van der Waals surface area contributed by atoms with Crippen LogP contribution in [0.15, 0.2) is 18.2 Å². The summed E-state index contributed by atoms with van der Waals surface area (Å²) in [6.07, 6.45) is 1.50. The Labute approximate surface area is 132 Å². The Balaban J connectivity index is 2.13. The van der Waals surface area contributed by atoms with Crippen LogP contribution in [0.1, 0.15) is 39.2 Å². The fraction of sp³-hybridized carbons (Fsp3) is 0.500. The van der Waals surface area contributed by atoms with Crippen molar-refractivity contribution in [1.29, 1.82) is 0 Å². The molecule has 1 aliphatic rings. The Morgan fingerprint density at radius 2 is 2.05 bits per heavy atom. The van der Waals surface area contributed by atoms with Gasteiger partial charge in [-0.05, 0) is 73.9 Å². The van der Waals surface area contributed by atoms with Crippen molar-refractivity contribution in [2.24, 2.45) is 0 Å². The van der Waals surface area contributed by atoms with Gasteiger partial charge in [-0.1, -0.05) is 17.7 Å². The van der Waals surface area contributed by atoms with E-state index in [0.29, 0.717) is 5.02 Å². The summed E-state index contributed by atoms with van der Waals surface area (Å²) in [6.45, 7) is 5.58. The van der Waals surface area contributed by atoms with Crippen LogP contribution >= 0.6 is 34.2 Å². The highest BCUT2D eigenvalue weighted by Crippen LogP contribution is 2.47. The van der Waals surface area contributed by atoms with Gasteiger partial charge in [0.05, 0.1) is 5.54 Å². The molecule has 0 aliphatic heterocycles. The number of ether oxygens (including phenoxy) is 1. The number of carbonyl (C=O) groups excluding carboxylic acids is 1. The van der Waals surface area contributed by atoms with Crippen LogP contribution in [0.5, 0.6) is 0 Å². The van der Waals surface area contributed by atoms with Crippen molar-refractivity contribution in [1.82, 2.24) is 5.32 Å². The molecular formula is C14H17ClINO2. The van der Waals surface area contributed by atoms with Gasteiger partial charge in [-0.2, -0.15) is 0 Å². The van der Waals surface area contributed by atoms with E-state index >= 15 is 0 Å². The van der Waals surface area contributed by atoms with Crippen LogP contribution in [0.3, 0.4) is 0 Å². The van der Waals surface area contributed by atoms with Crippen molar-refractivity contribution in [3.63, 3.8) is 0 Å². The van der Waals surface area contributed by atoms with Crippen molar-refractivity contribution in [2.45, 2.75) is 44.8 Å². The Morgan fingerprint density at radius 1 is 1.42 bits per heavy atom. The monoisotopic (exact) mass is 393 g/mol. The first-order chi connectivity index (χ1) is 8.72. The summed E-state index contributed by atoms with van der Waals surface area (Å²) in [5.41, 5.74) is 0.361. The second-order valence-electron chi connectivity index (χ2n) is 5.83. The molecule has 0 heterocycles. The number of alkyl carbamates (subject to hydrolysis) is 1. The predicted octanol–water partition coefficient (Wildman–Crippen LogP) is 4.46. The zero-order valence-corrected chi connectivity index (χ0v) is 14.1. The summed E-state index contributed by atoms with van der Waals surface area (Å²) in [6, 6.07) is 5.75. The molecule has 1 aliphatic carbocycles. The van der Waals surface area contributed by atoms with E-state index in [2.05, 4.69) is 27.9 Å². The molecule has 1 amide bonds. The Bertz CT molecular complexity index is 507. The number of benzene rings is 1. The van der Waals surface area contributed by atoms with Crippen LogP contribution in [0.2, 0.25) is 5.02 Å². The van der Waals surface area contributed by atoms with Crippen LogP contribution in [-0.4, -0.2) is 11.7 Å². The molecule has 1 aromatic carbocycles. The number of amides is 1. The van der Waals surface area contributed by atoms with Crippen LogP contribution in [0.4, 0.5) is 4.79 Å². The lowest BCUT2D eigenvalue weighted by Crippen LogP contribution is -2.39. The summed E-state index contributed by atoms with van der Waals surface area (Å²) in [4.78, 5) is 11.9. The first kappa shape index (κ1) is 14.9. The third kappa shape index (κ3) is 3.75. The summed E-state index contributed by atoms with van der Waals surface area (Å²) >= 11 is 8.21. The van der Waals surface area contributed by atoms with Crippen LogP contribution in [0.25, 0.3) is 0 Å². The highest BCUT2D eigenvalue weighted by molar-refractivity contribution is 14.1. The molecule has 1 aromatic rings. The van der Waals surface area contributed by atoms with E-state index in [-0.39, 0.29) is 11.6 Å². The molecule has 0 unspecified atom stereocenters. The van der Waals surface area contributed by atoms with Crippen LogP contribution < -0.4 is 5.32 Å². The van der Waals surface area contributed by atoms with E-state index in [4.69, 9.17) is 16.3 Å². The number of rotatable bonds is 2. The van der Waals surface area contributed by atoms with Gasteiger partial charge in [-0.25, -0.2) is 4.79 Å². The molecule has 0 aromatic heterocycles. The number of nitrogens with one attached hydrogen (secondary N) is 1. The van der Waals surface area contributed by atoms with Crippen molar-refractivity contribution < 1.29 is 9.53 Å². The number of hydrogen-bond donors (Lipinski definition) is 1. The molecule has 0 saturated heterocycles. The second kappa shape index (κ2) is 5.13. The largest absolute Gasteiger partial charge is 0.444 e. The number of carbonyl (C=O) groups is 1. The lowest BCUT2D eigenvalue weighted by atomic mass is 10.1. The lowest BCUT2D eigenvalue weighted by Gasteiger charge is -2.24. The highest BCUT2D eigenvalue weighted by Gasteiger charge is 2.47. The minimum Gasteiger partial charge on any atom is -0.444 e. The van der Waals surface area contributed by atoms with Crippen molar-refractivity contribution in [3.8, 4) is 0 Å². The molecule has 0 bridgehead atoms. The first-order valence-electron chi connectivity index (χ1n) is 6.19. The summed E-state index contributed by atoms with van der Waals surface area (Å²) in [5.74, 6) is 0. The van der Waals surface area contributed by atoms with Gasteiger partial charge in [0.1, 0.15) is 5.60 Å². The minimum atomic E-state index is -0.479. The number of hydrogen-bond acceptors (Lipinski definition) is 2. The molecule has 2 rings (SSSR count). The average molecular weight is 394 g/mol. The fourth-order valence-electron chi connectivity index (χ4n) is 1.96. The van der Waals surface area contributed by atoms with Gasteiger partial charge < -0.3 is 10.1 Å². The maximum absolute atomic E-state index is 11.9. The molecule has 1 saturated carbocycles. The molecule has 5 heteroatoms. The van der Waals surface area contributed by atoms with E-state index in [1.165, 1.54) is 0 Å². The van der Waals surface area contributed by atoms with Crippen molar-refractivity contribution in [2.75, 3.05) is 0 Å². The highest BCUT2D eigenvalue weighted by atomic mass is 127. The third-order valence-electron chi connectivity index (χ3n) is 2.94. The summed E-state index contributed by atoms with van der Waals surface area (Å²) in [7, 11) is 0. The van der Waals surface area contributed by atoms with E-state index in [1.54, 1.807) is 0 Å². The average Bonchev–Trinajstić information content (AvgIpc) is 2.94. The zero-order valence-electron chi connectivity index (χ0n) is 11.2. The zero-order chi connectivity index (χ0) is 14.3. The smallest absolute Gasteiger partial charge is 0.408 e. The molecule has 0 atom stereocenters. The molecule has 0 radical (unpaired) electrons. The Hall–Kier alpha value is -0.490. The molecule has 1 N–H and O–H groups in total. The molecule has 1 fully saturated rings. The summed E-state index contributed by atoms with van der Waals surface area (Å²) < 4.78 is 6.39. The summed E-state index contributed by atoms with van der Waals surface area (Å²) in [5, 5.41) is 3.70. The van der Waals surface area contributed by atoms with Gasteiger partial charge in [0.25, 0.3) is 0 Å². The van der Waals surface area contributed by atoms with Gasteiger partial charge >= 0.3 is 6.09 Å². The Morgan fingerprint density at radius 3 is 2.53 bits per heavy atom. The van der Waals surface area contributed by atoms with Crippen molar-refractivity contribution in [3.05, 3.63) is 32.4 Å². The maximum Gasteiger partial charge on any atom is 0.408 e. The fourth-order valence-corrected chi connectivity index (χ4v) is 3.35. The Kier molecular flexibility index (Phi) is 4.02. The standard InChI is InChI=1S/C14H17ClINO2/c1-13(2,3)19-12(18)17-14(6-7-14)10-5-4-9(15)8-11(10)16/h4-5,8H,6-7H2,1-3H3,(H,17,18). The molecule has 0 spiro atoms. The molecule has 3 nitrogen and oxygen atoms in total. The van der Waals surface area contributed by atoms with Gasteiger partial charge in [-0.15, -0.1) is 0 Å².